The van der Waals surface area contributed by atoms with Gasteiger partial charge in [0.2, 0.25) is 5.13 Å². The zero-order valence-corrected chi connectivity index (χ0v) is 13.2. The van der Waals surface area contributed by atoms with E-state index in [1.54, 1.807) is 0 Å². The quantitative estimate of drug-likeness (QED) is 0.663. The van der Waals surface area contributed by atoms with Gasteiger partial charge in [-0.05, 0) is 12.1 Å². The third-order valence-electron chi connectivity index (χ3n) is 2.40. The third kappa shape index (κ3) is 3.93. The van der Waals surface area contributed by atoms with Crippen LogP contribution in [-0.4, -0.2) is 25.0 Å². The molecule has 1 aromatic heterocycles. The summed E-state index contributed by atoms with van der Waals surface area (Å²) in [5.74, 6) is 0.0267. The number of guanidine groups is 1. The predicted molar refractivity (Wildman–Crippen MR) is 87.7 cm³/mol. The number of hydrogen-bond donors (Lipinski definition) is 2. The van der Waals surface area contributed by atoms with Gasteiger partial charge in [-0.3, -0.25) is 0 Å². The second-order valence-electron chi connectivity index (χ2n) is 3.99. The van der Waals surface area contributed by atoms with Crippen LogP contribution in [0.3, 0.4) is 0 Å². The Balaban J connectivity index is 0.00000180. The molecule has 2 rings (SSSR count). The number of anilines is 1. The van der Waals surface area contributed by atoms with Crippen LogP contribution in [0.5, 0.6) is 0 Å². The lowest BCUT2D eigenvalue weighted by Gasteiger charge is -2.12. The van der Waals surface area contributed by atoms with Crippen molar-refractivity contribution in [2.24, 2.45) is 16.5 Å². The Labute approximate surface area is 126 Å². The number of thiazole rings is 1. The average Bonchev–Trinajstić information content (AvgIpc) is 2.76. The molecule has 5 nitrogen and oxygen atoms in total. The zero-order valence-electron chi connectivity index (χ0n) is 10.7. The first kappa shape index (κ1) is 15.5. The molecule has 0 spiro atoms. The molecule has 0 fully saturated rings. The van der Waals surface area contributed by atoms with Gasteiger partial charge < -0.3 is 16.4 Å². The van der Waals surface area contributed by atoms with Crippen LogP contribution in [0.1, 0.15) is 0 Å². The van der Waals surface area contributed by atoms with Gasteiger partial charge >= 0.3 is 0 Å². The Kier molecular flexibility index (Phi) is 5.31. The molecule has 7 heteroatoms. The lowest BCUT2D eigenvalue weighted by molar-refractivity contribution is 1.13. The molecule has 4 N–H and O–H groups in total. The summed E-state index contributed by atoms with van der Waals surface area (Å²) in [5, 5.41) is 2.51. The zero-order chi connectivity index (χ0) is 13.1. The molecular weight excluding hydrogens is 326 g/mol. The second kappa shape index (κ2) is 6.53. The molecule has 102 valence electrons. The minimum Gasteiger partial charge on any atom is -0.378 e. The highest BCUT2D eigenvalue weighted by Gasteiger charge is 2.04. The van der Waals surface area contributed by atoms with Crippen molar-refractivity contribution in [2.45, 2.75) is 0 Å². The van der Waals surface area contributed by atoms with Crippen LogP contribution in [0.25, 0.3) is 11.3 Å². The largest absolute Gasteiger partial charge is 0.378 e. The number of halogens is 1. The van der Waals surface area contributed by atoms with E-state index < -0.39 is 0 Å². The summed E-state index contributed by atoms with van der Waals surface area (Å²) < 4.78 is 0. The fraction of sp³-hybridized carbons (Fsp3) is 0.167. The summed E-state index contributed by atoms with van der Waals surface area (Å²) in [6.07, 6.45) is 0. The maximum Gasteiger partial charge on any atom is 0.212 e. The van der Waals surface area contributed by atoms with E-state index in [-0.39, 0.29) is 22.9 Å². The van der Waals surface area contributed by atoms with Gasteiger partial charge in [0, 0.05) is 30.7 Å². The molecule has 0 aliphatic carbocycles. The van der Waals surface area contributed by atoms with E-state index in [4.69, 9.17) is 11.5 Å². The van der Waals surface area contributed by atoms with Crippen LogP contribution in [-0.2, 0) is 0 Å². The highest BCUT2D eigenvalue weighted by atomic mass is 79.9. The van der Waals surface area contributed by atoms with E-state index in [9.17, 15) is 0 Å². The number of nitrogens with zero attached hydrogens (tertiary/aromatic N) is 3. The van der Waals surface area contributed by atoms with Crippen molar-refractivity contribution in [1.82, 2.24) is 4.98 Å². The van der Waals surface area contributed by atoms with E-state index in [1.165, 1.54) is 11.3 Å². The van der Waals surface area contributed by atoms with E-state index in [0.29, 0.717) is 5.13 Å². The Morgan fingerprint density at radius 1 is 1.21 bits per heavy atom. The molecule has 0 saturated heterocycles. The Hall–Kier alpha value is -1.60. The molecule has 0 unspecified atom stereocenters. The van der Waals surface area contributed by atoms with Gasteiger partial charge in [0.05, 0.1) is 5.69 Å². The van der Waals surface area contributed by atoms with E-state index in [0.717, 1.165) is 16.9 Å². The summed E-state index contributed by atoms with van der Waals surface area (Å²) in [6, 6.07) is 8.16. The molecule has 0 radical (unpaired) electrons. The highest BCUT2D eigenvalue weighted by molar-refractivity contribution is 8.93. The molecule has 0 saturated carbocycles. The van der Waals surface area contributed by atoms with E-state index in [2.05, 4.69) is 27.0 Å². The molecule has 0 amide bonds. The molecule has 0 aliphatic heterocycles. The van der Waals surface area contributed by atoms with E-state index >= 15 is 0 Å². The lowest BCUT2D eigenvalue weighted by atomic mass is 10.1. The molecule has 19 heavy (non-hydrogen) atoms. The van der Waals surface area contributed by atoms with Gasteiger partial charge in [-0.15, -0.1) is 28.3 Å². The first-order chi connectivity index (χ1) is 8.56. The predicted octanol–water partition coefficient (Wildman–Crippen LogP) is 2.36. The Morgan fingerprint density at radius 2 is 1.84 bits per heavy atom. The number of benzene rings is 1. The maximum atomic E-state index is 5.31. The topological polar surface area (TPSA) is 80.5 Å². The maximum absolute atomic E-state index is 5.31. The van der Waals surface area contributed by atoms with Crippen molar-refractivity contribution >= 4 is 45.1 Å². The summed E-state index contributed by atoms with van der Waals surface area (Å²) in [4.78, 5) is 10.3. The van der Waals surface area contributed by atoms with Crippen LogP contribution in [0.2, 0.25) is 0 Å². The Bertz CT molecular complexity index is 558. The lowest BCUT2D eigenvalue weighted by Crippen LogP contribution is -2.21. The highest BCUT2D eigenvalue weighted by Crippen LogP contribution is 2.27. The fourth-order valence-electron chi connectivity index (χ4n) is 1.49. The minimum absolute atomic E-state index is 0. The van der Waals surface area contributed by atoms with Gasteiger partial charge in [0.25, 0.3) is 0 Å². The number of aromatic nitrogens is 1. The van der Waals surface area contributed by atoms with Gasteiger partial charge in [0.15, 0.2) is 5.96 Å². The molecule has 0 bridgehead atoms. The number of rotatable bonds is 3. The normalized spacial score (nSPS) is 9.58. The summed E-state index contributed by atoms with van der Waals surface area (Å²) in [7, 11) is 4.02. The standard InChI is InChI=1S/C12H15N5S.BrH/c1-17(2)9-5-3-8(4-6-9)10-7-18-12(15-10)16-11(13)14;/h3-7H,1-2H3,(H4,13,14,15,16);1H. The molecule has 1 aromatic carbocycles. The molecule has 1 heterocycles. The fourth-order valence-corrected chi connectivity index (χ4v) is 2.20. The van der Waals surface area contributed by atoms with Crippen LogP contribution in [0.4, 0.5) is 10.8 Å². The first-order valence-corrected chi connectivity index (χ1v) is 6.27. The third-order valence-corrected chi connectivity index (χ3v) is 3.13. The van der Waals surface area contributed by atoms with Crippen molar-refractivity contribution in [3.63, 3.8) is 0 Å². The van der Waals surface area contributed by atoms with Gasteiger partial charge in [-0.2, -0.15) is 4.99 Å². The smallest absolute Gasteiger partial charge is 0.212 e. The van der Waals surface area contributed by atoms with Crippen molar-refractivity contribution in [2.75, 3.05) is 19.0 Å². The van der Waals surface area contributed by atoms with Crippen molar-refractivity contribution in [1.29, 1.82) is 0 Å². The van der Waals surface area contributed by atoms with Crippen LogP contribution in [0.15, 0.2) is 34.6 Å². The molecular formula is C12H16BrN5S. The molecule has 0 aliphatic rings. The van der Waals surface area contributed by atoms with Crippen LogP contribution >= 0.6 is 28.3 Å². The van der Waals surface area contributed by atoms with Gasteiger partial charge in [-0.25, -0.2) is 4.98 Å². The van der Waals surface area contributed by atoms with Crippen LogP contribution in [0, 0.1) is 0 Å². The molecule has 0 atom stereocenters. The van der Waals surface area contributed by atoms with Crippen molar-refractivity contribution in [3.8, 4) is 11.3 Å². The first-order valence-electron chi connectivity index (χ1n) is 5.39. The van der Waals surface area contributed by atoms with Gasteiger partial charge in [-0.1, -0.05) is 12.1 Å². The minimum atomic E-state index is 0. The monoisotopic (exact) mass is 341 g/mol. The summed E-state index contributed by atoms with van der Waals surface area (Å²) in [6.45, 7) is 0. The number of aliphatic imine (C=N–C) groups is 1. The number of nitrogens with two attached hydrogens (primary N) is 2. The SMILES string of the molecule is Br.CN(C)c1ccc(-c2csc(N=C(N)N)n2)cc1. The van der Waals surface area contributed by atoms with Crippen molar-refractivity contribution in [3.05, 3.63) is 29.6 Å². The average molecular weight is 342 g/mol. The second-order valence-corrected chi connectivity index (χ2v) is 4.83. The van der Waals surface area contributed by atoms with E-state index in [1.807, 2.05) is 31.6 Å². The van der Waals surface area contributed by atoms with Gasteiger partial charge in [0.1, 0.15) is 0 Å². The Morgan fingerprint density at radius 3 is 2.37 bits per heavy atom. The number of hydrogen-bond acceptors (Lipinski definition) is 4. The van der Waals surface area contributed by atoms with Crippen molar-refractivity contribution < 1.29 is 0 Å². The van der Waals surface area contributed by atoms with Crippen LogP contribution < -0.4 is 16.4 Å². The summed E-state index contributed by atoms with van der Waals surface area (Å²) in [5.41, 5.74) is 13.7. The summed E-state index contributed by atoms with van der Waals surface area (Å²) >= 11 is 1.41. The molecule has 2 aromatic rings.